The number of benzene rings is 2. The van der Waals surface area contributed by atoms with Gasteiger partial charge in [0.1, 0.15) is 4.90 Å². The second-order valence-corrected chi connectivity index (χ2v) is 7.97. The van der Waals surface area contributed by atoms with Crippen LogP contribution >= 0.6 is 43.5 Å². The molecule has 0 aliphatic heterocycles. The molecular weight excluding hydrogens is 443 g/mol. The molecule has 0 unspecified atom stereocenters. The van der Waals surface area contributed by atoms with Gasteiger partial charge >= 0.3 is 0 Å². The summed E-state index contributed by atoms with van der Waals surface area (Å²) in [5.41, 5.74) is 6.75. The quantitative estimate of drug-likeness (QED) is 0.730. The number of rotatable bonds is 4. The van der Waals surface area contributed by atoms with Crippen molar-refractivity contribution in [2.75, 3.05) is 4.72 Å². The molecule has 0 aliphatic carbocycles. The monoisotopic (exact) mass is 452 g/mol. The molecule has 0 radical (unpaired) electrons. The Morgan fingerprint density at radius 2 is 1.81 bits per heavy atom. The lowest BCUT2D eigenvalue weighted by Crippen LogP contribution is -2.14. The molecule has 0 aliphatic rings. The first-order valence-electron chi connectivity index (χ1n) is 5.80. The number of hydrogen-bond acceptors (Lipinski definition) is 3. The van der Waals surface area contributed by atoms with Gasteiger partial charge in [-0.3, -0.25) is 4.72 Å². The van der Waals surface area contributed by atoms with Gasteiger partial charge in [-0.15, -0.1) is 0 Å². The molecule has 0 spiro atoms. The van der Waals surface area contributed by atoms with Gasteiger partial charge in [-0.25, -0.2) is 8.42 Å². The fourth-order valence-corrected chi connectivity index (χ4v) is 4.26. The summed E-state index contributed by atoms with van der Waals surface area (Å²) >= 11 is 12.5. The van der Waals surface area contributed by atoms with Crippen molar-refractivity contribution >= 4 is 59.2 Å². The highest BCUT2D eigenvalue weighted by Crippen LogP contribution is 2.29. The van der Waals surface area contributed by atoms with Crippen molar-refractivity contribution in [1.29, 1.82) is 0 Å². The lowest BCUT2D eigenvalue weighted by Gasteiger charge is -2.11. The molecule has 0 amide bonds. The normalized spacial score (nSPS) is 11.4. The summed E-state index contributed by atoms with van der Waals surface area (Å²) in [7, 11) is -3.71. The minimum atomic E-state index is -3.71. The average molecular weight is 455 g/mol. The average Bonchev–Trinajstić information content (AvgIpc) is 2.42. The molecule has 21 heavy (non-hydrogen) atoms. The molecule has 3 N–H and O–H groups in total. The van der Waals surface area contributed by atoms with E-state index >= 15 is 0 Å². The predicted molar refractivity (Wildman–Crippen MR) is 92.0 cm³/mol. The zero-order valence-electron chi connectivity index (χ0n) is 10.6. The highest BCUT2D eigenvalue weighted by Gasteiger charge is 2.18. The summed E-state index contributed by atoms with van der Waals surface area (Å²) in [6.45, 7) is 0.342. The minimum absolute atomic E-state index is 0.138. The number of nitrogens with two attached hydrogens (primary N) is 1. The van der Waals surface area contributed by atoms with Gasteiger partial charge in [0.25, 0.3) is 10.0 Å². The number of nitrogens with one attached hydrogen (secondary N) is 1. The van der Waals surface area contributed by atoms with Crippen molar-refractivity contribution in [2.24, 2.45) is 5.73 Å². The molecule has 112 valence electrons. The zero-order valence-corrected chi connectivity index (χ0v) is 15.4. The van der Waals surface area contributed by atoms with E-state index in [0.717, 1.165) is 5.56 Å². The van der Waals surface area contributed by atoms with Crippen LogP contribution in [0.25, 0.3) is 0 Å². The molecule has 0 heterocycles. The van der Waals surface area contributed by atoms with Crippen LogP contribution in [0.2, 0.25) is 5.02 Å². The number of sulfonamides is 1. The number of hydrogen-bond donors (Lipinski definition) is 2. The van der Waals surface area contributed by atoms with Crippen LogP contribution in [0.5, 0.6) is 0 Å². The van der Waals surface area contributed by atoms with Gasteiger partial charge in [0, 0.05) is 15.5 Å². The molecule has 0 fully saturated rings. The molecule has 8 heteroatoms. The van der Waals surface area contributed by atoms with E-state index in [0.29, 0.717) is 26.2 Å². The van der Waals surface area contributed by atoms with Gasteiger partial charge in [0.2, 0.25) is 0 Å². The Hall–Kier alpha value is -0.600. The second kappa shape index (κ2) is 6.66. The maximum atomic E-state index is 12.4. The van der Waals surface area contributed by atoms with E-state index in [9.17, 15) is 8.42 Å². The highest BCUT2D eigenvalue weighted by atomic mass is 79.9. The van der Waals surface area contributed by atoms with Gasteiger partial charge in [0.05, 0.1) is 10.7 Å². The van der Waals surface area contributed by atoms with Crippen molar-refractivity contribution in [3.8, 4) is 0 Å². The maximum absolute atomic E-state index is 12.4. The Balaban J connectivity index is 2.36. The lowest BCUT2D eigenvalue weighted by atomic mass is 10.2. The molecular formula is C13H11Br2ClN2O2S. The van der Waals surface area contributed by atoms with Gasteiger partial charge in [-0.2, -0.15) is 0 Å². The summed E-state index contributed by atoms with van der Waals surface area (Å²) in [6.07, 6.45) is 0. The Kier molecular flexibility index (Phi) is 5.32. The van der Waals surface area contributed by atoms with Crippen molar-refractivity contribution in [1.82, 2.24) is 0 Å². The fourth-order valence-electron chi connectivity index (χ4n) is 1.66. The molecule has 2 aromatic carbocycles. The molecule has 0 atom stereocenters. The molecule has 0 saturated heterocycles. The number of halogens is 3. The van der Waals surface area contributed by atoms with Gasteiger partial charge < -0.3 is 5.73 Å². The van der Waals surface area contributed by atoms with E-state index in [1.165, 1.54) is 12.1 Å². The van der Waals surface area contributed by atoms with E-state index < -0.39 is 10.0 Å². The van der Waals surface area contributed by atoms with E-state index in [1.807, 2.05) is 0 Å². The van der Waals surface area contributed by atoms with Crippen LogP contribution in [-0.4, -0.2) is 8.42 Å². The first kappa shape index (κ1) is 16.8. The zero-order chi connectivity index (χ0) is 15.6. The van der Waals surface area contributed by atoms with Crippen molar-refractivity contribution in [3.63, 3.8) is 0 Å². The number of anilines is 1. The summed E-state index contributed by atoms with van der Waals surface area (Å²) in [6, 6.07) is 9.69. The predicted octanol–water partition coefficient (Wildman–Crippen LogP) is 4.12. The second-order valence-electron chi connectivity index (χ2n) is 4.20. The smallest absolute Gasteiger partial charge is 0.263 e. The third-order valence-electron chi connectivity index (χ3n) is 2.69. The van der Waals surface area contributed by atoms with Crippen LogP contribution in [0.1, 0.15) is 5.56 Å². The molecule has 4 nitrogen and oxygen atoms in total. The standard InChI is InChI=1S/C13H11Br2ClN2O2S/c14-10-3-2-9(6-12(10)16)18-21(19,20)13-4-1-8(7-17)5-11(13)15/h1-6,18H,7,17H2. The summed E-state index contributed by atoms with van der Waals surface area (Å²) in [4.78, 5) is 0.138. The molecule has 2 aromatic rings. The Bertz CT molecular complexity index is 782. The van der Waals surface area contributed by atoms with Crippen LogP contribution in [-0.2, 0) is 16.6 Å². The summed E-state index contributed by atoms with van der Waals surface area (Å²) < 4.78 is 28.4. The molecule has 0 aromatic heterocycles. The molecule has 2 rings (SSSR count). The summed E-state index contributed by atoms with van der Waals surface area (Å²) in [5.74, 6) is 0. The lowest BCUT2D eigenvalue weighted by molar-refractivity contribution is 0.600. The van der Waals surface area contributed by atoms with Crippen molar-refractivity contribution in [3.05, 3.63) is 55.9 Å². The van der Waals surface area contributed by atoms with E-state index in [-0.39, 0.29) is 4.90 Å². The maximum Gasteiger partial charge on any atom is 0.263 e. The third kappa shape index (κ3) is 3.98. The van der Waals surface area contributed by atoms with Crippen molar-refractivity contribution < 1.29 is 8.42 Å². The summed E-state index contributed by atoms with van der Waals surface area (Å²) in [5, 5.41) is 0.424. The molecule has 0 saturated carbocycles. The van der Waals surface area contributed by atoms with Gasteiger partial charge in [-0.1, -0.05) is 17.7 Å². The van der Waals surface area contributed by atoms with Crippen LogP contribution < -0.4 is 10.5 Å². The third-order valence-corrected chi connectivity index (χ3v) is 6.28. The van der Waals surface area contributed by atoms with Crippen LogP contribution in [0.15, 0.2) is 50.2 Å². The Morgan fingerprint density at radius 1 is 1.10 bits per heavy atom. The highest BCUT2D eigenvalue weighted by molar-refractivity contribution is 9.10. The minimum Gasteiger partial charge on any atom is -0.326 e. The Morgan fingerprint density at radius 3 is 2.38 bits per heavy atom. The first-order valence-corrected chi connectivity index (χ1v) is 9.24. The van der Waals surface area contributed by atoms with Crippen molar-refractivity contribution in [2.45, 2.75) is 11.4 Å². The van der Waals surface area contributed by atoms with Crippen LogP contribution in [0.4, 0.5) is 5.69 Å². The van der Waals surface area contributed by atoms with Gasteiger partial charge in [0.15, 0.2) is 0 Å². The van der Waals surface area contributed by atoms with E-state index in [1.54, 1.807) is 24.3 Å². The Labute approximate surface area is 145 Å². The SMILES string of the molecule is NCc1ccc(S(=O)(=O)Nc2ccc(Br)c(Cl)c2)c(Br)c1. The van der Waals surface area contributed by atoms with Crippen LogP contribution in [0.3, 0.4) is 0 Å². The molecule has 0 bridgehead atoms. The van der Waals surface area contributed by atoms with E-state index in [2.05, 4.69) is 36.6 Å². The largest absolute Gasteiger partial charge is 0.326 e. The van der Waals surface area contributed by atoms with Gasteiger partial charge in [-0.05, 0) is 67.8 Å². The van der Waals surface area contributed by atoms with E-state index in [4.69, 9.17) is 17.3 Å². The topological polar surface area (TPSA) is 72.2 Å². The fraction of sp³-hybridized carbons (Fsp3) is 0.0769. The first-order chi connectivity index (χ1) is 9.83. The van der Waals surface area contributed by atoms with Crippen LogP contribution in [0, 0.1) is 0 Å².